The van der Waals surface area contributed by atoms with Crippen molar-refractivity contribution in [1.29, 1.82) is 0 Å². The van der Waals surface area contributed by atoms with E-state index in [4.69, 9.17) is 4.74 Å². The number of benzene rings is 1. The molecule has 2 aliphatic heterocycles. The Hall–Kier alpha value is -3.24. The van der Waals surface area contributed by atoms with Gasteiger partial charge in [0.15, 0.2) is 0 Å². The van der Waals surface area contributed by atoms with E-state index in [1.165, 1.54) is 11.3 Å². The first-order valence-corrected chi connectivity index (χ1v) is 12.4. The van der Waals surface area contributed by atoms with Crippen LogP contribution in [0.25, 0.3) is 10.9 Å². The summed E-state index contributed by atoms with van der Waals surface area (Å²) >= 11 is 1.53. The van der Waals surface area contributed by atoms with Crippen LogP contribution in [0.15, 0.2) is 30.5 Å². The normalized spacial score (nSPS) is 16.9. The van der Waals surface area contributed by atoms with Crippen molar-refractivity contribution in [2.24, 2.45) is 0 Å². The summed E-state index contributed by atoms with van der Waals surface area (Å²) in [6.07, 6.45) is 2.87. The average molecular weight is 482 g/mol. The van der Waals surface area contributed by atoms with Crippen LogP contribution in [0.4, 0.5) is 0 Å². The van der Waals surface area contributed by atoms with Gasteiger partial charge in [-0.15, -0.1) is 11.3 Å². The monoisotopic (exact) mass is 481 g/mol. The molecular weight excluding hydrogens is 454 g/mol. The van der Waals surface area contributed by atoms with Crippen molar-refractivity contribution < 1.29 is 19.1 Å². The van der Waals surface area contributed by atoms with Gasteiger partial charge in [-0.3, -0.25) is 19.5 Å². The number of hydrogen-bond donors (Lipinski definition) is 2. The van der Waals surface area contributed by atoms with E-state index < -0.39 is 6.04 Å². The van der Waals surface area contributed by atoms with E-state index in [9.17, 15) is 14.4 Å². The lowest BCUT2D eigenvalue weighted by Crippen LogP contribution is -2.49. The third kappa shape index (κ3) is 4.43. The summed E-state index contributed by atoms with van der Waals surface area (Å²) < 4.78 is 5.34. The zero-order chi connectivity index (χ0) is 23.7. The second-order valence-electron chi connectivity index (χ2n) is 8.58. The number of carbonyl (C=O) groups excluding carboxylic acids is 3. The van der Waals surface area contributed by atoms with Crippen molar-refractivity contribution in [3.8, 4) is 0 Å². The van der Waals surface area contributed by atoms with E-state index in [0.29, 0.717) is 57.8 Å². The molecule has 0 spiro atoms. The molecule has 2 aliphatic rings. The van der Waals surface area contributed by atoms with Gasteiger partial charge in [0.2, 0.25) is 5.91 Å². The highest BCUT2D eigenvalue weighted by Gasteiger charge is 2.30. The first kappa shape index (κ1) is 22.5. The number of thiophene rings is 1. The maximum atomic E-state index is 13.3. The predicted molar refractivity (Wildman–Crippen MR) is 128 cm³/mol. The van der Waals surface area contributed by atoms with Gasteiger partial charge in [0.1, 0.15) is 6.04 Å². The Morgan fingerprint density at radius 1 is 1.18 bits per heavy atom. The fourth-order valence-corrected chi connectivity index (χ4v) is 5.56. The largest absolute Gasteiger partial charge is 0.378 e. The van der Waals surface area contributed by atoms with E-state index in [0.717, 1.165) is 26.2 Å². The standard InChI is InChI=1S/C24H27N5O4S/c1-2-18(26-22(30)15-3-4-19-16(11-15)13-25-27-19)23(31)29-6-5-20-17(14-29)12-21(34-20)24(32)28-7-9-33-10-8-28/h3-4,11-13,18H,2,5-10,14H2,1H3,(H,25,27)(H,26,30)/t18-/m1/s1. The fourth-order valence-electron chi connectivity index (χ4n) is 4.43. The van der Waals surface area contributed by atoms with Crippen LogP contribution in [-0.2, 0) is 22.5 Å². The van der Waals surface area contributed by atoms with Gasteiger partial charge >= 0.3 is 0 Å². The minimum atomic E-state index is -0.609. The van der Waals surface area contributed by atoms with Crippen LogP contribution in [0.1, 0.15) is 43.8 Å². The lowest BCUT2D eigenvalue weighted by atomic mass is 10.1. The van der Waals surface area contributed by atoms with Crippen LogP contribution < -0.4 is 5.32 Å². The summed E-state index contributed by atoms with van der Waals surface area (Å²) in [7, 11) is 0. The molecule has 178 valence electrons. The van der Waals surface area contributed by atoms with Gasteiger partial charge < -0.3 is 19.9 Å². The van der Waals surface area contributed by atoms with Gasteiger partial charge in [0, 0.05) is 42.0 Å². The number of morpholine rings is 1. The number of aromatic amines is 1. The lowest BCUT2D eigenvalue weighted by Gasteiger charge is -2.30. The number of amides is 3. The molecule has 34 heavy (non-hydrogen) atoms. The van der Waals surface area contributed by atoms with Crippen LogP contribution in [0.3, 0.4) is 0 Å². The molecule has 0 aliphatic carbocycles. The molecule has 0 saturated carbocycles. The molecular formula is C24H27N5O4S. The van der Waals surface area contributed by atoms with Crippen molar-refractivity contribution in [2.75, 3.05) is 32.8 Å². The highest BCUT2D eigenvalue weighted by Crippen LogP contribution is 2.29. The summed E-state index contributed by atoms with van der Waals surface area (Å²) in [4.78, 5) is 44.4. The second-order valence-corrected chi connectivity index (χ2v) is 9.72. The molecule has 1 saturated heterocycles. The third-order valence-electron chi connectivity index (χ3n) is 6.40. The molecule has 1 fully saturated rings. The molecule has 1 aromatic carbocycles. The van der Waals surface area contributed by atoms with Crippen LogP contribution in [0.5, 0.6) is 0 Å². The molecule has 9 nitrogen and oxygen atoms in total. The van der Waals surface area contributed by atoms with Crippen LogP contribution in [0, 0.1) is 0 Å². The number of ether oxygens (including phenoxy) is 1. The molecule has 0 unspecified atom stereocenters. The predicted octanol–water partition coefficient (Wildman–Crippen LogP) is 2.19. The summed E-state index contributed by atoms with van der Waals surface area (Å²) in [5.41, 5.74) is 2.36. The zero-order valence-corrected chi connectivity index (χ0v) is 19.8. The van der Waals surface area contributed by atoms with Crippen molar-refractivity contribution >= 4 is 40.0 Å². The quantitative estimate of drug-likeness (QED) is 0.581. The van der Waals surface area contributed by atoms with Crippen molar-refractivity contribution in [3.05, 3.63) is 51.3 Å². The number of carbonyl (C=O) groups is 3. The van der Waals surface area contributed by atoms with E-state index in [2.05, 4.69) is 15.5 Å². The fraction of sp³-hybridized carbons (Fsp3) is 0.417. The van der Waals surface area contributed by atoms with Gasteiger partial charge in [-0.2, -0.15) is 5.10 Å². The maximum Gasteiger partial charge on any atom is 0.264 e. The van der Waals surface area contributed by atoms with Crippen LogP contribution in [0.2, 0.25) is 0 Å². The number of H-pyrrole nitrogens is 1. The molecule has 5 rings (SSSR count). The van der Waals surface area contributed by atoms with Gasteiger partial charge in [-0.25, -0.2) is 0 Å². The molecule has 3 aromatic rings. The van der Waals surface area contributed by atoms with E-state index in [1.807, 2.05) is 17.9 Å². The SMILES string of the molecule is CC[C@@H](NC(=O)c1ccc2[nH]ncc2c1)C(=O)N1CCc2sc(C(=O)N3CCOCC3)cc2C1. The van der Waals surface area contributed by atoms with Crippen molar-refractivity contribution in [3.63, 3.8) is 0 Å². The second kappa shape index (κ2) is 9.55. The summed E-state index contributed by atoms with van der Waals surface area (Å²) in [5.74, 6) is -0.345. The number of nitrogens with zero attached hydrogens (tertiary/aromatic N) is 3. The summed E-state index contributed by atoms with van der Waals surface area (Å²) in [6, 6.07) is 6.60. The first-order valence-electron chi connectivity index (χ1n) is 11.5. The van der Waals surface area contributed by atoms with Crippen molar-refractivity contribution in [1.82, 2.24) is 25.3 Å². The Bertz CT molecular complexity index is 1230. The average Bonchev–Trinajstić information content (AvgIpc) is 3.52. The lowest BCUT2D eigenvalue weighted by molar-refractivity contribution is -0.134. The summed E-state index contributed by atoms with van der Waals surface area (Å²) in [5, 5.41) is 10.6. The smallest absolute Gasteiger partial charge is 0.264 e. The molecule has 10 heteroatoms. The molecule has 2 aromatic heterocycles. The summed E-state index contributed by atoms with van der Waals surface area (Å²) in [6.45, 7) is 5.27. The van der Waals surface area contributed by atoms with E-state index >= 15 is 0 Å². The van der Waals surface area contributed by atoms with E-state index in [-0.39, 0.29) is 17.7 Å². The number of fused-ring (bicyclic) bond motifs is 2. The topological polar surface area (TPSA) is 108 Å². The minimum Gasteiger partial charge on any atom is -0.378 e. The third-order valence-corrected chi connectivity index (χ3v) is 7.63. The number of rotatable bonds is 5. The molecule has 0 bridgehead atoms. The number of nitrogens with one attached hydrogen (secondary N) is 2. The van der Waals surface area contributed by atoms with Crippen LogP contribution >= 0.6 is 11.3 Å². The van der Waals surface area contributed by atoms with Gasteiger partial charge in [-0.05, 0) is 42.7 Å². The zero-order valence-electron chi connectivity index (χ0n) is 19.0. The maximum absolute atomic E-state index is 13.3. The van der Waals surface area contributed by atoms with Crippen molar-refractivity contribution in [2.45, 2.75) is 32.4 Å². The Balaban J connectivity index is 1.25. The number of hydrogen-bond acceptors (Lipinski definition) is 6. The molecule has 0 radical (unpaired) electrons. The van der Waals surface area contributed by atoms with Crippen LogP contribution in [-0.4, -0.2) is 76.6 Å². The minimum absolute atomic E-state index is 0.0360. The molecule has 2 N–H and O–H groups in total. The molecule has 3 amide bonds. The Kier molecular flexibility index (Phi) is 6.34. The highest BCUT2D eigenvalue weighted by atomic mass is 32.1. The van der Waals surface area contributed by atoms with Gasteiger partial charge in [0.05, 0.1) is 29.8 Å². The Labute approximate surface area is 201 Å². The number of aromatic nitrogens is 2. The van der Waals surface area contributed by atoms with E-state index in [1.54, 1.807) is 29.3 Å². The van der Waals surface area contributed by atoms with Gasteiger partial charge in [-0.1, -0.05) is 6.92 Å². The Morgan fingerprint density at radius 2 is 2.00 bits per heavy atom. The van der Waals surface area contributed by atoms with Gasteiger partial charge in [0.25, 0.3) is 11.8 Å². The first-order chi connectivity index (χ1) is 16.5. The highest BCUT2D eigenvalue weighted by molar-refractivity contribution is 7.14. The Morgan fingerprint density at radius 3 is 2.79 bits per heavy atom. The molecule has 4 heterocycles. The molecule has 1 atom stereocenters.